The van der Waals surface area contributed by atoms with Crippen molar-refractivity contribution < 1.29 is 14.3 Å². The van der Waals surface area contributed by atoms with Crippen LogP contribution in [0.1, 0.15) is 12.8 Å². The van der Waals surface area contributed by atoms with Gasteiger partial charge in [0.1, 0.15) is 5.76 Å². The molecule has 2 unspecified atom stereocenters. The zero-order valence-corrected chi connectivity index (χ0v) is 9.41. The number of allylic oxidation sites excluding steroid dienone is 1. The highest BCUT2D eigenvalue weighted by atomic mass is 79.9. The molecule has 0 aromatic heterocycles. The van der Waals surface area contributed by atoms with Gasteiger partial charge in [-0.25, -0.2) is 0 Å². The van der Waals surface area contributed by atoms with Gasteiger partial charge in [0.15, 0.2) is 5.78 Å². The third-order valence-corrected chi connectivity index (χ3v) is 4.31. The van der Waals surface area contributed by atoms with Gasteiger partial charge >= 0.3 is 0 Å². The van der Waals surface area contributed by atoms with Crippen LogP contribution in [0.5, 0.6) is 0 Å². The number of halogens is 1. The predicted molar refractivity (Wildman–Crippen MR) is 52.8 cm³/mol. The molecule has 2 aliphatic heterocycles. The first-order chi connectivity index (χ1) is 6.74. The predicted octanol–water partition coefficient (Wildman–Crippen LogP) is 1.62. The number of hydrogen-bond donors (Lipinski definition) is 0. The molecule has 2 saturated heterocycles. The maximum absolute atomic E-state index is 11.9. The topological polar surface area (TPSA) is 35.5 Å². The van der Waals surface area contributed by atoms with Crippen molar-refractivity contribution in [3.05, 3.63) is 10.2 Å². The molecule has 2 heterocycles. The minimum atomic E-state index is 0.0260. The largest absolute Gasteiger partial charge is 0.499 e. The molecule has 4 heteroatoms. The maximum Gasteiger partial charge on any atom is 0.179 e. The van der Waals surface area contributed by atoms with Gasteiger partial charge < -0.3 is 9.47 Å². The Morgan fingerprint density at radius 1 is 1.36 bits per heavy atom. The number of carbonyl (C=O) groups excluding carboxylic acids is 1. The van der Waals surface area contributed by atoms with E-state index in [1.807, 2.05) is 0 Å². The second kappa shape index (κ2) is 2.83. The summed E-state index contributed by atoms with van der Waals surface area (Å²) in [5.74, 6) is 1.17. The maximum atomic E-state index is 11.9. The second-order valence-electron chi connectivity index (χ2n) is 4.09. The molecule has 0 aromatic rings. The standard InChI is InChI=1S/C10H11BrO3/c1-13-10-7-5-3-2-4(14-5)6(7)9(12)8(10)11/h4-7H,2-3H2,1H3/t4?,5?,6-,7+/m0/s1. The van der Waals surface area contributed by atoms with Crippen LogP contribution in [0.3, 0.4) is 0 Å². The monoisotopic (exact) mass is 258 g/mol. The first kappa shape index (κ1) is 8.92. The van der Waals surface area contributed by atoms with Gasteiger partial charge in [-0.2, -0.15) is 0 Å². The van der Waals surface area contributed by atoms with Crippen LogP contribution in [0.4, 0.5) is 0 Å². The quantitative estimate of drug-likeness (QED) is 0.717. The number of carbonyl (C=O) groups is 1. The van der Waals surface area contributed by atoms with Gasteiger partial charge in [0.2, 0.25) is 0 Å². The third-order valence-electron chi connectivity index (χ3n) is 3.53. The average Bonchev–Trinajstić information content (AvgIpc) is 2.82. The molecule has 3 nitrogen and oxygen atoms in total. The van der Waals surface area contributed by atoms with E-state index in [1.54, 1.807) is 7.11 Å². The van der Waals surface area contributed by atoms with Crippen LogP contribution in [0, 0.1) is 11.8 Å². The van der Waals surface area contributed by atoms with E-state index in [1.165, 1.54) is 0 Å². The van der Waals surface area contributed by atoms with Crippen LogP contribution in [0.15, 0.2) is 10.2 Å². The van der Waals surface area contributed by atoms with Gasteiger partial charge in [-0.1, -0.05) is 0 Å². The van der Waals surface area contributed by atoms with Crippen molar-refractivity contribution in [2.45, 2.75) is 25.0 Å². The van der Waals surface area contributed by atoms with Crippen LogP contribution in [-0.2, 0) is 14.3 Å². The van der Waals surface area contributed by atoms with E-state index in [9.17, 15) is 4.79 Å². The molecular formula is C10H11BrO3. The fourth-order valence-electron chi connectivity index (χ4n) is 2.98. The Kier molecular flexibility index (Phi) is 1.80. The van der Waals surface area contributed by atoms with Crippen molar-refractivity contribution in [2.24, 2.45) is 11.8 Å². The molecule has 14 heavy (non-hydrogen) atoms. The van der Waals surface area contributed by atoms with Crippen molar-refractivity contribution in [3.8, 4) is 0 Å². The van der Waals surface area contributed by atoms with Crippen molar-refractivity contribution in [1.82, 2.24) is 0 Å². The fraction of sp³-hybridized carbons (Fsp3) is 0.700. The second-order valence-corrected chi connectivity index (χ2v) is 4.88. The van der Waals surface area contributed by atoms with Crippen LogP contribution >= 0.6 is 15.9 Å². The summed E-state index contributed by atoms with van der Waals surface area (Å²) in [4.78, 5) is 11.9. The smallest absolute Gasteiger partial charge is 0.179 e. The van der Waals surface area contributed by atoms with Gasteiger partial charge in [-0.05, 0) is 28.8 Å². The fourth-order valence-corrected chi connectivity index (χ4v) is 3.67. The lowest BCUT2D eigenvalue weighted by molar-refractivity contribution is -0.119. The summed E-state index contributed by atoms with van der Waals surface area (Å²) in [5.41, 5.74) is 0. The minimum Gasteiger partial charge on any atom is -0.499 e. The molecule has 0 radical (unpaired) electrons. The number of Topliss-reactive ketones (excluding diaryl/α,β-unsaturated/α-hetero) is 1. The summed E-state index contributed by atoms with van der Waals surface area (Å²) in [5, 5.41) is 0. The van der Waals surface area contributed by atoms with E-state index in [0.717, 1.165) is 18.6 Å². The van der Waals surface area contributed by atoms with Crippen LogP contribution in [-0.4, -0.2) is 25.1 Å². The van der Waals surface area contributed by atoms with E-state index >= 15 is 0 Å². The van der Waals surface area contributed by atoms with Crippen LogP contribution < -0.4 is 0 Å². The number of fused-ring (bicyclic) bond motifs is 5. The molecule has 1 aliphatic carbocycles. The Morgan fingerprint density at radius 3 is 2.64 bits per heavy atom. The molecule has 0 aromatic carbocycles. The Morgan fingerprint density at radius 2 is 2.00 bits per heavy atom. The first-order valence-electron chi connectivity index (χ1n) is 4.87. The summed E-state index contributed by atoms with van der Waals surface area (Å²) in [6.45, 7) is 0. The molecule has 76 valence electrons. The lowest BCUT2D eigenvalue weighted by Crippen LogP contribution is -2.29. The molecule has 4 atom stereocenters. The van der Waals surface area contributed by atoms with E-state index in [0.29, 0.717) is 4.48 Å². The molecular weight excluding hydrogens is 248 g/mol. The van der Waals surface area contributed by atoms with Crippen LogP contribution in [0.25, 0.3) is 0 Å². The third kappa shape index (κ3) is 0.885. The van der Waals surface area contributed by atoms with Crippen molar-refractivity contribution in [2.75, 3.05) is 7.11 Å². The average molecular weight is 259 g/mol. The molecule has 0 N–H and O–H groups in total. The van der Waals surface area contributed by atoms with Crippen LogP contribution in [0.2, 0.25) is 0 Å². The molecule has 0 saturated carbocycles. The van der Waals surface area contributed by atoms with Crippen molar-refractivity contribution >= 4 is 21.7 Å². The molecule has 3 rings (SSSR count). The normalized spacial score (nSPS) is 44.9. The molecule has 0 amide bonds. The summed E-state index contributed by atoms with van der Waals surface area (Å²) in [6, 6.07) is 0. The summed E-state index contributed by atoms with van der Waals surface area (Å²) in [6.07, 6.45) is 2.43. The Labute approximate surface area is 90.6 Å². The summed E-state index contributed by atoms with van der Waals surface area (Å²) >= 11 is 3.32. The Bertz CT molecular complexity index is 336. The molecule has 3 aliphatic rings. The highest BCUT2D eigenvalue weighted by molar-refractivity contribution is 9.12. The SMILES string of the molecule is COC1=C(Br)C(=O)[C@H]2C3CCC(O3)[C@@H]12. The highest BCUT2D eigenvalue weighted by Gasteiger charge is 2.58. The van der Waals surface area contributed by atoms with Gasteiger partial charge in [-0.15, -0.1) is 0 Å². The van der Waals surface area contributed by atoms with Gasteiger partial charge in [0.05, 0.1) is 35.6 Å². The molecule has 2 bridgehead atoms. The number of methoxy groups -OCH3 is 1. The van der Waals surface area contributed by atoms with Crippen molar-refractivity contribution in [3.63, 3.8) is 0 Å². The summed E-state index contributed by atoms with van der Waals surface area (Å²) in [7, 11) is 1.62. The van der Waals surface area contributed by atoms with E-state index in [-0.39, 0.29) is 29.8 Å². The summed E-state index contributed by atoms with van der Waals surface area (Å²) < 4.78 is 11.7. The number of ketones is 1. The highest BCUT2D eigenvalue weighted by Crippen LogP contribution is 2.53. The Hall–Kier alpha value is -0.350. The van der Waals surface area contributed by atoms with Gasteiger partial charge in [-0.3, -0.25) is 4.79 Å². The van der Waals surface area contributed by atoms with Gasteiger partial charge in [0, 0.05) is 0 Å². The first-order valence-corrected chi connectivity index (χ1v) is 5.66. The lowest BCUT2D eigenvalue weighted by Gasteiger charge is -2.21. The van der Waals surface area contributed by atoms with E-state index < -0.39 is 0 Å². The van der Waals surface area contributed by atoms with E-state index in [4.69, 9.17) is 9.47 Å². The number of hydrogen-bond acceptors (Lipinski definition) is 3. The lowest BCUT2D eigenvalue weighted by atomic mass is 9.80. The number of rotatable bonds is 1. The number of ether oxygens (including phenoxy) is 2. The Balaban J connectivity index is 2.04. The zero-order valence-electron chi connectivity index (χ0n) is 7.83. The molecule has 2 fully saturated rings. The van der Waals surface area contributed by atoms with Crippen molar-refractivity contribution in [1.29, 1.82) is 0 Å². The minimum absolute atomic E-state index is 0.0260. The zero-order chi connectivity index (χ0) is 9.87. The molecule has 0 spiro atoms. The van der Waals surface area contributed by atoms with E-state index in [2.05, 4.69) is 15.9 Å². The van der Waals surface area contributed by atoms with Gasteiger partial charge in [0.25, 0.3) is 0 Å².